The molecule has 2 aromatic rings. The lowest BCUT2D eigenvalue weighted by atomic mass is 9.96. The maximum Gasteiger partial charge on any atom is 0.180 e. The van der Waals surface area contributed by atoms with Crippen molar-refractivity contribution in [2.45, 2.75) is 12.8 Å². The molecular formula is C15H24N6. The molecule has 1 N–H and O–H groups in total. The van der Waals surface area contributed by atoms with Crippen molar-refractivity contribution in [3.05, 3.63) is 18.6 Å². The van der Waals surface area contributed by atoms with Crippen LogP contribution in [-0.2, 0) is 0 Å². The van der Waals surface area contributed by atoms with E-state index >= 15 is 0 Å². The van der Waals surface area contributed by atoms with Gasteiger partial charge in [0.2, 0.25) is 0 Å². The van der Waals surface area contributed by atoms with Crippen LogP contribution in [0.3, 0.4) is 0 Å². The molecule has 1 saturated heterocycles. The van der Waals surface area contributed by atoms with Gasteiger partial charge in [0.15, 0.2) is 11.5 Å². The van der Waals surface area contributed by atoms with Crippen LogP contribution in [0.1, 0.15) is 12.8 Å². The second kappa shape index (κ2) is 5.89. The van der Waals surface area contributed by atoms with E-state index in [0.717, 1.165) is 36.3 Å². The fourth-order valence-corrected chi connectivity index (χ4v) is 3.09. The van der Waals surface area contributed by atoms with Gasteiger partial charge in [-0.05, 0) is 32.9 Å². The molecule has 0 unspecified atom stereocenters. The van der Waals surface area contributed by atoms with Crippen LogP contribution in [0.15, 0.2) is 18.6 Å². The number of imidazole rings is 1. The van der Waals surface area contributed by atoms with Gasteiger partial charge in [-0.15, -0.1) is 0 Å². The Kier molecular flexibility index (Phi) is 3.96. The smallest absolute Gasteiger partial charge is 0.180 e. The Morgan fingerprint density at radius 2 is 2.10 bits per heavy atom. The first-order valence-corrected chi connectivity index (χ1v) is 7.58. The SMILES string of the molecule is CNc1cn2ccnc2c(N2CCC(CN(C)C)CC2)n1. The summed E-state index contributed by atoms with van der Waals surface area (Å²) < 4.78 is 2.04. The van der Waals surface area contributed by atoms with E-state index in [1.807, 2.05) is 30.0 Å². The summed E-state index contributed by atoms with van der Waals surface area (Å²) in [6, 6.07) is 0. The van der Waals surface area contributed by atoms with E-state index in [4.69, 9.17) is 4.98 Å². The molecular weight excluding hydrogens is 264 g/mol. The number of hydrogen-bond acceptors (Lipinski definition) is 5. The van der Waals surface area contributed by atoms with Crippen LogP contribution < -0.4 is 10.2 Å². The Hall–Kier alpha value is -1.82. The molecule has 0 spiro atoms. The predicted molar refractivity (Wildman–Crippen MR) is 86.0 cm³/mol. The summed E-state index contributed by atoms with van der Waals surface area (Å²) in [6.45, 7) is 3.29. The molecule has 0 bridgehead atoms. The maximum absolute atomic E-state index is 4.72. The summed E-state index contributed by atoms with van der Waals surface area (Å²) in [5.74, 6) is 2.67. The predicted octanol–water partition coefficient (Wildman–Crippen LogP) is 1.55. The molecule has 114 valence electrons. The third-order valence-corrected chi connectivity index (χ3v) is 4.15. The number of aromatic nitrogens is 3. The standard InChI is InChI=1S/C15H24N6/c1-16-13-11-21-9-6-17-14(21)15(18-13)20-7-4-12(5-8-20)10-19(2)3/h6,9,11-12,16H,4-5,7-8,10H2,1-3H3. The largest absolute Gasteiger partial charge is 0.372 e. The molecule has 2 aromatic heterocycles. The number of hydrogen-bond donors (Lipinski definition) is 1. The summed E-state index contributed by atoms with van der Waals surface area (Å²) in [7, 11) is 6.20. The summed E-state index contributed by atoms with van der Waals surface area (Å²) in [4.78, 5) is 13.8. The molecule has 21 heavy (non-hydrogen) atoms. The van der Waals surface area contributed by atoms with Crippen LogP contribution in [0.2, 0.25) is 0 Å². The average Bonchev–Trinajstić information content (AvgIpc) is 2.94. The van der Waals surface area contributed by atoms with Crippen molar-refractivity contribution in [1.82, 2.24) is 19.3 Å². The summed E-state index contributed by atoms with van der Waals surface area (Å²) in [5, 5.41) is 3.13. The first-order chi connectivity index (χ1) is 10.2. The Balaban J connectivity index is 1.80. The van der Waals surface area contributed by atoms with Crippen molar-refractivity contribution in [3.8, 4) is 0 Å². The zero-order chi connectivity index (χ0) is 14.8. The van der Waals surface area contributed by atoms with Crippen molar-refractivity contribution in [1.29, 1.82) is 0 Å². The third kappa shape index (κ3) is 2.95. The lowest BCUT2D eigenvalue weighted by molar-refractivity contribution is 0.284. The molecule has 0 aliphatic carbocycles. The van der Waals surface area contributed by atoms with Gasteiger partial charge >= 0.3 is 0 Å². The van der Waals surface area contributed by atoms with E-state index < -0.39 is 0 Å². The van der Waals surface area contributed by atoms with Gasteiger partial charge in [0.1, 0.15) is 5.82 Å². The molecule has 1 fully saturated rings. The fourth-order valence-electron chi connectivity index (χ4n) is 3.09. The van der Waals surface area contributed by atoms with E-state index in [0.29, 0.717) is 0 Å². The highest BCUT2D eigenvalue weighted by atomic mass is 15.2. The minimum Gasteiger partial charge on any atom is -0.372 e. The number of anilines is 2. The fraction of sp³-hybridized carbons (Fsp3) is 0.600. The Morgan fingerprint density at radius 1 is 1.33 bits per heavy atom. The first kappa shape index (κ1) is 14.1. The number of piperidine rings is 1. The molecule has 6 heteroatoms. The van der Waals surface area contributed by atoms with Crippen molar-refractivity contribution in [2.24, 2.45) is 5.92 Å². The summed E-state index contributed by atoms with van der Waals surface area (Å²) in [6.07, 6.45) is 8.22. The van der Waals surface area contributed by atoms with Gasteiger partial charge < -0.3 is 19.5 Å². The van der Waals surface area contributed by atoms with Crippen LogP contribution in [-0.4, -0.2) is 60.0 Å². The lowest BCUT2D eigenvalue weighted by Gasteiger charge is -2.34. The molecule has 0 saturated carbocycles. The van der Waals surface area contributed by atoms with Gasteiger partial charge in [0, 0.05) is 39.1 Å². The van der Waals surface area contributed by atoms with E-state index in [1.165, 1.54) is 19.4 Å². The van der Waals surface area contributed by atoms with Gasteiger partial charge in [0.25, 0.3) is 0 Å². The van der Waals surface area contributed by atoms with Crippen molar-refractivity contribution >= 4 is 17.3 Å². The van der Waals surface area contributed by atoms with Crippen molar-refractivity contribution in [3.63, 3.8) is 0 Å². The van der Waals surface area contributed by atoms with E-state index in [9.17, 15) is 0 Å². The first-order valence-electron chi connectivity index (χ1n) is 7.58. The second-order valence-electron chi connectivity index (χ2n) is 6.05. The lowest BCUT2D eigenvalue weighted by Crippen LogP contribution is -2.37. The van der Waals surface area contributed by atoms with Gasteiger partial charge in [-0.1, -0.05) is 0 Å². The quantitative estimate of drug-likeness (QED) is 0.925. The topological polar surface area (TPSA) is 48.7 Å². The van der Waals surface area contributed by atoms with Gasteiger partial charge in [-0.25, -0.2) is 9.97 Å². The molecule has 0 radical (unpaired) electrons. The Labute approximate surface area is 125 Å². The number of nitrogens with zero attached hydrogens (tertiary/aromatic N) is 5. The van der Waals surface area contributed by atoms with Crippen LogP contribution >= 0.6 is 0 Å². The Morgan fingerprint density at radius 3 is 2.76 bits per heavy atom. The van der Waals surface area contributed by atoms with Crippen LogP contribution in [0, 0.1) is 5.92 Å². The van der Waals surface area contributed by atoms with Crippen LogP contribution in [0.5, 0.6) is 0 Å². The number of fused-ring (bicyclic) bond motifs is 1. The highest BCUT2D eigenvalue weighted by molar-refractivity contribution is 5.66. The van der Waals surface area contributed by atoms with Crippen LogP contribution in [0.25, 0.3) is 5.65 Å². The van der Waals surface area contributed by atoms with Gasteiger partial charge in [0.05, 0.1) is 6.20 Å². The molecule has 0 atom stereocenters. The van der Waals surface area contributed by atoms with E-state index in [1.54, 1.807) is 0 Å². The Bertz CT molecular complexity index is 597. The molecule has 1 aliphatic heterocycles. The van der Waals surface area contributed by atoms with Crippen molar-refractivity contribution < 1.29 is 0 Å². The molecule has 0 aromatic carbocycles. The molecule has 6 nitrogen and oxygen atoms in total. The monoisotopic (exact) mass is 288 g/mol. The molecule has 0 amide bonds. The molecule has 3 heterocycles. The maximum atomic E-state index is 4.72. The van der Waals surface area contributed by atoms with Crippen molar-refractivity contribution in [2.75, 3.05) is 51.0 Å². The highest BCUT2D eigenvalue weighted by Crippen LogP contribution is 2.26. The highest BCUT2D eigenvalue weighted by Gasteiger charge is 2.23. The summed E-state index contributed by atoms with van der Waals surface area (Å²) in [5.41, 5.74) is 0.944. The van der Waals surface area contributed by atoms with Crippen LogP contribution in [0.4, 0.5) is 11.6 Å². The third-order valence-electron chi connectivity index (χ3n) is 4.15. The van der Waals surface area contributed by atoms with Gasteiger partial charge in [-0.3, -0.25) is 0 Å². The zero-order valence-corrected chi connectivity index (χ0v) is 13.1. The minimum absolute atomic E-state index is 0.791. The zero-order valence-electron chi connectivity index (χ0n) is 13.1. The minimum atomic E-state index is 0.791. The van der Waals surface area contributed by atoms with E-state index in [2.05, 4.69) is 34.2 Å². The normalized spacial score (nSPS) is 16.9. The molecule has 1 aliphatic rings. The summed E-state index contributed by atoms with van der Waals surface area (Å²) >= 11 is 0. The molecule has 3 rings (SSSR count). The van der Waals surface area contributed by atoms with E-state index in [-0.39, 0.29) is 0 Å². The average molecular weight is 288 g/mol. The second-order valence-corrected chi connectivity index (χ2v) is 6.05. The number of nitrogens with one attached hydrogen (secondary N) is 1. The van der Waals surface area contributed by atoms with Gasteiger partial charge in [-0.2, -0.15) is 0 Å². The number of rotatable bonds is 4.